The van der Waals surface area contributed by atoms with E-state index in [2.05, 4.69) is 72.1 Å². The van der Waals surface area contributed by atoms with Crippen LogP contribution < -0.4 is 5.32 Å². The van der Waals surface area contributed by atoms with Crippen molar-refractivity contribution in [3.05, 3.63) is 48.0 Å². The van der Waals surface area contributed by atoms with E-state index in [1.165, 1.54) is 31.4 Å². The fraction of sp³-hybridized carbons (Fsp3) is 0.591. The van der Waals surface area contributed by atoms with Gasteiger partial charge in [-0.15, -0.1) is 34.2 Å². The summed E-state index contributed by atoms with van der Waals surface area (Å²) in [5.41, 5.74) is 1.42. The van der Waals surface area contributed by atoms with Crippen LogP contribution in [0.5, 0.6) is 0 Å². The Hall–Kier alpha value is -1.68. The quantitative estimate of drug-likeness (QED) is 0.371. The van der Waals surface area contributed by atoms with Crippen LogP contribution in [0.1, 0.15) is 37.6 Å². The molecule has 2 atom stereocenters. The van der Waals surface area contributed by atoms with Crippen LogP contribution in [0.25, 0.3) is 0 Å². The normalized spacial score (nSPS) is 22.3. The van der Waals surface area contributed by atoms with Gasteiger partial charge in [0, 0.05) is 39.3 Å². The molecule has 2 aliphatic heterocycles. The number of nitrogens with one attached hydrogen (secondary N) is 1. The van der Waals surface area contributed by atoms with Gasteiger partial charge in [0.05, 0.1) is 6.54 Å². The average molecular weight is 523 g/mol. The van der Waals surface area contributed by atoms with Crippen molar-refractivity contribution >= 4 is 29.9 Å². The van der Waals surface area contributed by atoms with Crippen molar-refractivity contribution in [2.24, 2.45) is 10.9 Å². The molecule has 2 unspecified atom stereocenters. The molecule has 7 nitrogen and oxygen atoms in total. The summed E-state index contributed by atoms with van der Waals surface area (Å²) < 4.78 is 2.06. The Morgan fingerprint density at radius 3 is 2.80 bits per heavy atom. The van der Waals surface area contributed by atoms with E-state index in [-0.39, 0.29) is 24.0 Å². The molecular formula is C22H34IN7. The number of piperidine rings is 2. The van der Waals surface area contributed by atoms with Crippen LogP contribution >= 0.6 is 24.0 Å². The minimum Gasteiger partial charge on any atom is -0.349 e. The van der Waals surface area contributed by atoms with Gasteiger partial charge in [0.2, 0.25) is 0 Å². The van der Waals surface area contributed by atoms with Gasteiger partial charge in [-0.25, -0.2) is 0 Å². The molecule has 164 valence electrons. The molecular weight excluding hydrogens is 489 g/mol. The van der Waals surface area contributed by atoms with E-state index in [1.807, 2.05) is 7.05 Å². The second kappa shape index (κ2) is 11.1. The zero-order chi connectivity index (χ0) is 20.1. The fourth-order valence-corrected chi connectivity index (χ4v) is 4.88. The summed E-state index contributed by atoms with van der Waals surface area (Å²) in [5.74, 6) is 2.64. The summed E-state index contributed by atoms with van der Waals surface area (Å²) in [6, 6.07) is 11.6. The third-order valence-electron chi connectivity index (χ3n) is 6.36. The molecule has 2 saturated heterocycles. The summed E-state index contributed by atoms with van der Waals surface area (Å²) >= 11 is 0. The maximum absolute atomic E-state index is 4.55. The van der Waals surface area contributed by atoms with Gasteiger partial charge in [-0.1, -0.05) is 30.3 Å². The van der Waals surface area contributed by atoms with E-state index in [0.717, 1.165) is 38.0 Å². The molecule has 0 saturated carbocycles. The number of benzene rings is 1. The molecule has 2 fully saturated rings. The molecule has 0 aliphatic carbocycles. The predicted molar refractivity (Wildman–Crippen MR) is 131 cm³/mol. The number of nitrogens with zero attached hydrogens (tertiary/aromatic N) is 6. The first-order chi connectivity index (χ1) is 14.3. The van der Waals surface area contributed by atoms with Gasteiger partial charge in [-0.05, 0) is 44.2 Å². The van der Waals surface area contributed by atoms with Crippen LogP contribution in [0.15, 0.2) is 41.7 Å². The minimum atomic E-state index is 0. The highest BCUT2D eigenvalue weighted by molar-refractivity contribution is 14.0. The topological polar surface area (TPSA) is 61.6 Å². The molecule has 1 aromatic heterocycles. The van der Waals surface area contributed by atoms with Gasteiger partial charge in [-0.2, -0.15) is 0 Å². The van der Waals surface area contributed by atoms with Crippen LogP contribution in [-0.2, 0) is 19.6 Å². The molecule has 8 heteroatoms. The Kier molecular flexibility index (Phi) is 8.50. The van der Waals surface area contributed by atoms with E-state index >= 15 is 0 Å². The van der Waals surface area contributed by atoms with Gasteiger partial charge < -0.3 is 14.8 Å². The number of hydrogen-bond donors (Lipinski definition) is 1. The van der Waals surface area contributed by atoms with Crippen LogP contribution in [0.3, 0.4) is 0 Å². The molecule has 2 aliphatic rings. The number of likely N-dealkylation sites (tertiary alicyclic amines) is 2. The average Bonchev–Trinajstić information content (AvgIpc) is 3.22. The first-order valence-electron chi connectivity index (χ1n) is 10.9. The molecule has 0 amide bonds. The maximum atomic E-state index is 4.55. The highest BCUT2D eigenvalue weighted by Gasteiger charge is 2.36. The minimum absolute atomic E-state index is 0. The second-order valence-electron chi connectivity index (χ2n) is 8.09. The van der Waals surface area contributed by atoms with E-state index in [4.69, 9.17) is 0 Å². The zero-order valence-corrected chi connectivity index (χ0v) is 20.4. The van der Waals surface area contributed by atoms with Gasteiger partial charge in [0.25, 0.3) is 0 Å². The van der Waals surface area contributed by atoms with Crippen LogP contribution in [0, 0.1) is 5.92 Å². The van der Waals surface area contributed by atoms with Gasteiger partial charge >= 0.3 is 0 Å². The number of rotatable bonds is 5. The lowest BCUT2D eigenvalue weighted by atomic mass is 9.83. The van der Waals surface area contributed by atoms with E-state index in [1.54, 1.807) is 6.33 Å². The summed E-state index contributed by atoms with van der Waals surface area (Å²) in [5, 5.41) is 11.7. The van der Waals surface area contributed by atoms with Gasteiger partial charge in [-0.3, -0.25) is 9.89 Å². The zero-order valence-electron chi connectivity index (χ0n) is 18.1. The van der Waals surface area contributed by atoms with Gasteiger partial charge in [0.1, 0.15) is 6.33 Å². The summed E-state index contributed by atoms with van der Waals surface area (Å²) in [4.78, 5) is 9.69. The molecule has 30 heavy (non-hydrogen) atoms. The van der Waals surface area contributed by atoms with E-state index in [0.29, 0.717) is 18.5 Å². The first-order valence-corrected chi connectivity index (χ1v) is 10.9. The SMILES string of the molecule is CCn1cnnc1CNC(=NC)N1CCC2C(CCCN2Cc2ccccc2)C1.I. The fourth-order valence-electron chi connectivity index (χ4n) is 4.88. The molecule has 4 rings (SSSR count). The van der Waals surface area contributed by atoms with Gasteiger partial charge in [0.15, 0.2) is 11.8 Å². The molecule has 0 spiro atoms. The highest BCUT2D eigenvalue weighted by atomic mass is 127. The summed E-state index contributed by atoms with van der Waals surface area (Å²) in [7, 11) is 1.88. The monoisotopic (exact) mass is 523 g/mol. The Morgan fingerprint density at radius 1 is 1.20 bits per heavy atom. The molecule has 1 N–H and O–H groups in total. The lowest BCUT2D eigenvalue weighted by molar-refractivity contribution is 0.0372. The van der Waals surface area contributed by atoms with Crippen molar-refractivity contribution in [2.75, 3.05) is 26.7 Å². The maximum Gasteiger partial charge on any atom is 0.194 e. The molecule has 3 heterocycles. The third-order valence-corrected chi connectivity index (χ3v) is 6.36. The second-order valence-corrected chi connectivity index (χ2v) is 8.09. The summed E-state index contributed by atoms with van der Waals surface area (Å²) in [6.07, 6.45) is 5.58. The lowest BCUT2D eigenvalue weighted by Crippen LogP contribution is -2.56. The third kappa shape index (κ3) is 5.32. The number of fused-ring (bicyclic) bond motifs is 1. The number of guanidine groups is 1. The lowest BCUT2D eigenvalue weighted by Gasteiger charge is -2.48. The van der Waals surface area contributed by atoms with E-state index in [9.17, 15) is 0 Å². The number of halogens is 1. The first kappa shape index (κ1) is 23.0. The Balaban J connectivity index is 0.00000256. The molecule has 0 bridgehead atoms. The van der Waals surface area contributed by atoms with Crippen molar-refractivity contribution < 1.29 is 0 Å². The Bertz CT molecular complexity index is 807. The van der Waals surface area contributed by atoms with Crippen molar-refractivity contribution in [1.82, 2.24) is 29.9 Å². The Labute approximate surface area is 197 Å². The number of aryl methyl sites for hydroxylation is 1. The van der Waals surface area contributed by atoms with Crippen molar-refractivity contribution in [2.45, 2.75) is 51.9 Å². The van der Waals surface area contributed by atoms with Crippen LogP contribution in [0.4, 0.5) is 0 Å². The highest BCUT2D eigenvalue weighted by Crippen LogP contribution is 2.31. The van der Waals surface area contributed by atoms with Crippen molar-refractivity contribution in [3.63, 3.8) is 0 Å². The van der Waals surface area contributed by atoms with Crippen LogP contribution in [-0.4, -0.2) is 63.2 Å². The molecule has 1 aromatic carbocycles. The van der Waals surface area contributed by atoms with Crippen molar-refractivity contribution in [3.8, 4) is 0 Å². The standard InChI is InChI=1S/C22H33N7.HI/c1-3-27-17-25-26-21(27)14-24-22(23-2)29-13-11-20-19(16-29)10-7-12-28(20)15-18-8-5-4-6-9-18;/h4-6,8-9,17,19-20H,3,7,10-16H2,1-2H3,(H,23,24);1H. The predicted octanol–water partition coefficient (Wildman–Crippen LogP) is 2.98. The number of hydrogen-bond acceptors (Lipinski definition) is 4. The largest absolute Gasteiger partial charge is 0.349 e. The number of aromatic nitrogens is 3. The van der Waals surface area contributed by atoms with Crippen molar-refractivity contribution in [1.29, 1.82) is 0 Å². The molecule has 2 aromatic rings. The molecule has 0 radical (unpaired) electrons. The Morgan fingerprint density at radius 2 is 2.03 bits per heavy atom. The smallest absolute Gasteiger partial charge is 0.194 e. The van der Waals surface area contributed by atoms with Crippen LogP contribution in [0.2, 0.25) is 0 Å². The number of aliphatic imine (C=N–C) groups is 1. The summed E-state index contributed by atoms with van der Waals surface area (Å²) in [6.45, 7) is 8.06. The van der Waals surface area contributed by atoms with E-state index < -0.39 is 0 Å².